The molecule has 0 N–H and O–H groups in total. The summed E-state index contributed by atoms with van der Waals surface area (Å²) in [7, 11) is 0. The first-order valence-electron chi connectivity index (χ1n) is 19.0. The molecule has 0 spiro atoms. The molecule has 0 aliphatic rings. The number of hydrogen-bond acceptors (Lipinski definition) is 2. The Hall–Kier alpha value is -7.43. The third-order valence-electron chi connectivity index (χ3n) is 11.1. The number of rotatable bonds is 5. The summed E-state index contributed by atoms with van der Waals surface area (Å²) in [5, 5.41) is 14.1. The van der Waals surface area contributed by atoms with Gasteiger partial charge in [0.15, 0.2) is 0 Å². The summed E-state index contributed by atoms with van der Waals surface area (Å²) < 4.78 is 47.8. The maximum absolute atomic E-state index is 14.5. The maximum atomic E-state index is 14.5. The van der Waals surface area contributed by atoms with Crippen molar-refractivity contribution >= 4 is 43.6 Å². The standard InChI is InChI=1S/C51H33F3N4/c1-31-9-7-11-34(21-31)36-17-19-42-40-13-3-5-15-45(40)57(47(42)26-36)49-30-56-50(28-44(49)38-23-33(29-55)24-39(25-38)51(52,53)54)58-46-16-6-4-14-41(46)43-20-18-37(27-48(43)58)35-12-8-10-32(2)22-35/h3-28,30H,1-2H3. The molecule has 0 saturated carbocycles. The van der Waals surface area contributed by atoms with Crippen LogP contribution in [0.15, 0.2) is 164 Å². The minimum atomic E-state index is -4.67. The number of pyridine rings is 1. The number of halogens is 3. The minimum absolute atomic E-state index is 0.0854. The maximum Gasteiger partial charge on any atom is 0.416 e. The summed E-state index contributed by atoms with van der Waals surface area (Å²) in [6.07, 6.45) is -2.92. The van der Waals surface area contributed by atoms with Crippen LogP contribution in [0.4, 0.5) is 13.2 Å². The number of benzene rings is 7. The lowest BCUT2D eigenvalue weighted by Gasteiger charge is -2.18. The zero-order chi connectivity index (χ0) is 39.7. The molecule has 7 heteroatoms. The summed E-state index contributed by atoms with van der Waals surface area (Å²) in [5.41, 5.74) is 10.4. The van der Waals surface area contributed by atoms with E-state index in [0.717, 1.165) is 89.1 Å². The zero-order valence-electron chi connectivity index (χ0n) is 31.5. The topological polar surface area (TPSA) is 46.5 Å². The normalized spacial score (nSPS) is 11.9. The van der Waals surface area contributed by atoms with Crippen LogP contribution in [0, 0.1) is 25.2 Å². The number of nitriles is 1. The van der Waals surface area contributed by atoms with E-state index < -0.39 is 11.7 Å². The molecule has 0 aliphatic heterocycles. The molecule has 3 heterocycles. The molecule has 7 aromatic carbocycles. The second kappa shape index (κ2) is 13.4. The van der Waals surface area contributed by atoms with Crippen LogP contribution in [0.2, 0.25) is 0 Å². The number of fused-ring (bicyclic) bond motifs is 6. The van der Waals surface area contributed by atoms with Crippen molar-refractivity contribution in [2.24, 2.45) is 0 Å². The molecule has 0 atom stereocenters. The summed E-state index contributed by atoms with van der Waals surface area (Å²) in [6, 6.07) is 52.9. The highest BCUT2D eigenvalue weighted by atomic mass is 19.4. The van der Waals surface area contributed by atoms with Crippen LogP contribution in [-0.2, 0) is 6.18 Å². The lowest BCUT2D eigenvalue weighted by molar-refractivity contribution is -0.137. The molecular weight excluding hydrogens is 726 g/mol. The molecule has 0 amide bonds. The average molecular weight is 759 g/mol. The van der Waals surface area contributed by atoms with E-state index >= 15 is 0 Å². The van der Waals surface area contributed by atoms with E-state index in [1.165, 1.54) is 6.07 Å². The number of nitrogens with zero attached hydrogens (tertiary/aromatic N) is 4. The van der Waals surface area contributed by atoms with Gasteiger partial charge < -0.3 is 4.57 Å². The van der Waals surface area contributed by atoms with Crippen molar-refractivity contribution in [2.45, 2.75) is 20.0 Å². The predicted molar refractivity (Wildman–Crippen MR) is 228 cm³/mol. The van der Waals surface area contributed by atoms with Gasteiger partial charge in [0.25, 0.3) is 0 Å². The quantitative estimate of drug-likeness (QED) is 0.175. The Balaban J connectivity index is 1.29. The monoisotopic (exact) mass is 758 g/mol. The van der Waals surface area contributed by atoms with E-state index in [2.05, 4.69) is 108 Å². The Morgan fingerprint density at radius 1 is 0.500 bits per heavy atom. The molecule has 0 saturated heterocycles. The van der Waals surface area contributed by atoms with Crippen molar-refractivity contribution < 1.29 is 13.2 Å². The largest absolute Gasteiger partial charge is 0.416 e. The van der Waals surface area contributed by atoms with Gasteiger partial charge >= 0.3 is 6.18 Å². The summed E-state index contributed by atoms with van der Waals surface area (Å²) in [4.78, 5) is 5.15. The van der Waals surface area contributed by atoms with E-state index in [1.54, 1.807) is 6.20 Å². The molecule has 0 fully saturated rings. The summed E-state index contributed by atoms with van der Waals surface area (Å²) in [6.45, 7) is 4.13. The van der Waals surface area contributed by atoms with Gasteiger partial charge in [0.05, 0.1) is 51.1 Å². The van der Waals surface area contributed by atoms with Crippen molar-refractivity contribution in [3.8, 4) is 51.0 Å². The molecule has 0 radical (unpaired) electrons. The zero-order valence-corrected chi connectivity index (χ0v) is 31.5. The lowest BCUT2D eigenvalue weighted by atomic mass is 9.98. The molecule has 0 bridgehead atoms. The third-order valence-corrected chi connectivity index (χ3v) is 11.1. The summed E-state index contributed by atoms with van der Waals surface area (Å²) >= 11 is 0. The van der Waals surface area contributed by atoms with E-state index in [1.807, 2.05) is 60.7 Å². The second-order valence-electron chi connectivity index (χ2n) is 14.9. The van der Waals surface area contributed by atoms with E-state index in [9.17, 15) is 18.4 Å². The third kappa shape index (κ3) is 5.81. The highest BCUT2D eigenvalue weighted by Gasteiger charge is 2.32. The first-order chi connectivity index (χ1) is 28.1. The molecule has 10 rings (SSSR count). The molecular formula is C51H33F3N4. The highest BCUT2D eigenvalue weighted by Crippen LogP contribution is 2.42. The van der Waals surface area contributed by atoms with E-state index in [4.69, 9.17) is 4.98 Å². The van der Waals surface area contributed by atoms with Gasteiger partial charge in [-0.15, -0.1) is 0 Å². The molecule has 4 nitrogen and oxygen atoms in total. The van der Waals surface area contributed by atoms with Crippen LogP contribution in [0.25, 0.3) is 88.5 Å². The molecule has 0 unspecified atom stereocenters. The molecule has 0 aliphatic carbocycles. The van der Waals surface area contributed by atoms with Crippen LogP contribution in [0.5, 0.6) is 0 Å². The Bertz CT molecular complexity index is 3320. The Labute approximate surface area is 332 Å². The number of hydrogen-bond donors (Lipinski definition) is 0. The van der Waals surface area contributed by atoms with E-state index in [0.29, 0.717) is 17.1 Å². The fourth-order valence-electron chi connectivity index (χ4n) is 8.44. The number of aryl methyl sites for hydroxylation is 2. The Morgan fingerprint density at radius 2 is 1.03 bits per heavy atom. The Kier molecular flexibility index (Phi) is 8.06. The highest BCUT2D eigenvalue weighted by molar-refractivity contribution is 6.12. The van der Waals surface area contributed by atoms with Gasteiger partial charge in [0, 0.05) is 27.1 Å². The fourth-order valence-corrected chi connectivity index (χ4v) is 8.44. The van der Waals surface area contributed by atoms with Gasteiger partial charge in [0.2, 0.25) is 0 Å². The SMILES string of the molecule is Cc1cccc(-c2ccc3c4ccccc4n(-c4cc(-c5cc(C#N)cc(C(F)(F)F)c5)c(-n5c6ccccc6c6ccc(-c7cccc(C)c7)cc65)cn4)c3c2)c1. The minimum Gasteiger partial charge on any atom is -0.307 e. The number of aromatic nitrogens is 3. The van der Waals surface area contributed by atoms with Crippen molar-refractivity contribution in [3.63, 3.8) is 0 Å². The van der Waals surface area contributed by atoms with Crippen molar-refractivity contribution in [1.82, 2.24) is 14.1 Å². The van der Waals surface area contributed by atoms with Crippen molar-refractivity contribution in [1.29, 1.82) is 5.26 Å². The molecule has 58 heavy (non-hydrogen) atoms. The van der Waals surface area contributed by atoms with Crippen LogP contribution in [-0.4, -0.2) is 14.1 Å². The molecule has 3 aromatic heterocycles. The van der Waals surface area contributed by atoms with Crippen LogP contribution in [0.1, 0.15) is 22.3 Å². The molecule has 278 valence electrons. The van der Waals surface area contributed by atoms with E-state index in [-0.39, 0.29) is 11.1 Å². The lowest BCUT2D eigenvalue weighted by Crippen LogP contribution is -2.07. The van der Waals surface area contributed by atoms with Gasteiger partial charge in [-0.3, -0.25) is 4.57 Å². The summed E-state index contributed by atoms with van der Waals surface area (Å²) in [5.74, 6) is 0.531. The van der Waals surface area contributed by atoms with Gasteiger partial charge in [-0.05, 0) is 90.2 Å². The number of para-hydroxylation sites is 2. The first kappa shape index (κ1) is 35.0. The van der Waals surface area contributed by atoms with Crippen molar-refractivity contribution in [3.05, 3.63) is 186 Å². The van der Waals surface area contributed by atoms with Crippen LogP contribution >= 0.6 is 0 Å². The van der Waals surface area contributed by atoms with Gasteiger partial charge in [0.1, 0.15) is 5.82 Å². The smallest absolute Gasteiger partial charge is 0.307 e. The first-order valence-corrected chi connectivity index (χ1v) is 19.0. The average Bonchev–Trinajstić information content (AvgIpc) is 3.75. The van der Waals surface area contributed by atoms with Gasteiger partial charge in [-0.25, -0.2) is 4.98 Å². The molecule has 10 aromatic rings. The van der Waals surface area contributed by atoms with Crippen molar-refractivity contribution in [2.75, 3.05) is 0 Å². The Morgan fingerprint density at radius 3 is 1.60 bits per heavy atom. The van der Waals surface area contributed by atoms with Gasteiger partial charge in [-0.2, -0.15) is 18.4 Å². The van der Waals surface area contributed by atoms with Crippen LogP contribution in [0.3, 0.4) is 0 Å². The van der Waals surface area contributed by atoms with Gasteiger partial charge in [-0.1, -0.05) is 120 Å². The fraction of sp³-hybridized carbons (Fsp3) is 0.0588. The van der Waals surface area contributed by atoms with Crippen LogP contribution < -0.4 is 0 Å². The predicted octanol–water partition coefficient (Wildman–Crippen LogP) is 13.8. The number of alkyl halides is 3. The second-order valence-corrected chi connectivity index (χ2v) is 14.9.